The van der Waals surface area contributed by atoms with Gasteiger partial charge in [0.1, 0.15) is 14.5 Å². The summed E-state index contributed by atoms with van der Waals surface area (Å²) in [6.07, 6.45) is 2.22. The summed E-state index contributed by atoms with van der Waals surface area (Å²) in [6, 6.07) is 45.4. The third-order valence-corrected chi connectivity index (χ3v) is 14.0. The molecule has 0 bridgehead atoms. The molecule has 1 atom stereocenters. The third-order valence-electron chi connectivity index (χ3n) is 8.36. The van der Waals surface area contributed by atoms with Crippen molar-refractivity contribution in [1.82, 2.24) is 0 Å². The number of fused-ring (bicyclic) bond motifs is 7. The largest absolute Gasteiger partial charge is 0.497 e. The molecular weight excluding hydrogens is 507 g/mol. The van der Waals surface area contributed by atoms with E-state index in [-0.39, 0.29) is 0 Å². The summed E-state index contributed by atoms with van der Waals surface area (Å²) in [7, 11) is -0.0503. The summed E-state index contributed by atoms with van der Waals surface area (Å²) in [5.41, 5.74) is 5.87. The fourth-order valence-electron chi connectivity index (χ4n) is 6.34. The Morgan fingerprint density at radius 2 is 1.13 bits per heavy atom. The van der Waals surface area contributed by atoms with Gasteiger partial charge in [-0.05, 0) is 73.6 Å². The first-order valence-electron chi connectivity index (χ1n) is 13.7. The molecule has 0 aromatic heterocycles. The van der Waals surface area contributed by atoms with Crippen molar-refractivity contribution in [2.75, 3.05) is 7.11 Å². The highest BCUT2D eigenvalue weighted by Crippen LogP contribution is 2.52. The molecule has 1 aliphatic rings. The highest BCUT2D eigenvalue weighted by molar-refractivity contribution is 7.64. The Hall–Kier alpha value is -3.71. The highest BCUT2D eigenvalue weighted by atomic mass is 31.1. The molecule has 0 radical (unpaired) electrons. The van der Waals surface area contributed by atoms with Gasteiger partial charge in [0.15, 0.2) is 0 Å². The molecule has 0 fully saturated rings. The molecule has 3 heteroatoms. The van der Waals surface area contributed by atoms with Gasteiger partial charge in [-0.25, -0.2) is 0 Å². The number of ether oxygens (including phenoxy) is 1. The molecule has 1 heterocycles. The van der Waals surface area contributed by atoms with Crippen molar-refractivity contribution in [1.29, 1.82) is 0 Å². The summed E-state index contributed by atoms with van der Waals surface area (Å²) < 4.78 is 5.43. The lowest BCUT2D eigenvalue weighted by Crippen LogP contribution is -2.46. The average Bonchev–Trinajstić information content (AvgIpc) is 3.18. The predicted molar refractivity (Wildman–Crippen MR) is 173 cm³/mol. The van der Waals surface area contributed by atoms with E-state index >= 15 is 0 Å². The molecule has 190 valence electrons. The SMILES string of the molecule is COc1ccc([Si@@H](C)c2ccccc2P2Cc3ccc4ccccc4c3-c3c(ccc4ccccc34)C2)cc1. The Kier molecular flexibility index (Phi) is 6.31. The Morgan fingerprint density at radius 3 is 1.72 bits per heavy atom. The Labute approximate surface area is 233 Å². The van der Waals surface area contributed by atoms with Crippen molar-refractivity contribution in [3.05, 3.63) is 132 Å². The minimum absolute atomic E-state index is 0.420. The molecule has 7 rings (SSSR count). The standard InChI is InChI=1S/C36H31OPSi/c1-37-29-19-21-30(22-20-29)39(2)34-14-8-7-13-33(34)38-23-27-17-15-25-9-3-5-11-31(25)35(27)36-28(24-38)18-16-26-10-4-6-12-32(26)36/h3-22,39H,23-24H2,1-2H3/t39-/m1/s1. The predicted octanol–water partition coefficient (Wildman–Crippen LogP) is 7.46. The van der Waals surface area contributed by atoms with E-state index in [0.29, 0.717) is 0 Å². The molecule has 0 N–H and O–H groups in total. The van der Waals surface area contributed by atoms with E-state index in [1.165, 1.54) is 49.0 Å². The maximum absolute atomic E-state index is 5.43. The maximum atomic E-state index is 5.43. The number of hydrogen-bond acceptors (Lipinski definition) is 1. The smallest absolute Gasteiger partial charge is 0.118 e. The summed E-state index contributed by atoms with van der Waals surface area (Å²) in [6.45, 7) is 2.48. The van der Waals surface area contributed by atoms with Crippen LogP contribution < -0.4 is 20.4 Å². The minimum atomic E-state index is -1.37. The van der Waals surface area contributed by atoms with Crippen LogP contribution in [-0.4, -0.2) is 15.9 Å². The van der Waals surface area contributed by atoms with Gasteiger partial charge in [0.05, 0.1) is 7.11 Å². The van der Waals surface area contributed by atoms with Gasteiger partial charge >= 0.3 is 0 Å². The van der Waals surface area contributed by atoms with Crippen LogP contribution in [-0.2, 0) is 12.3 Å². The van der Waals surface area contributed by atoms with Crippen LogP contribution in [0.2, 0.25) is 6.55 Å². The van der Waals surface area contributed by atoms with Crippen molar-refractivity contribution >= 4 is 53.9 Å². The maximum Gasteiger partial charge on any atom is 0.118 e. The molecule has 0 saturated carbocycles. The third kappa shape index (κ3) is 4.29. The second-order valence-electron chi connectivity index (χ2n) is 10.6. The van der Waals surface area contributed by atoms with Gasteiger partial charge in [-0.3, -0.25) is 0 Å². The van der Waals surface area contributed by atoms with Gasteiger partial charge < -0.3 is 4.74 Å². The van der Waals surface area contributed by atoms with Crippen molar-refractivity contribution in [3.63, 3.8) is 0 Å². The average molecular weight is 539 g/mol. The molecule has 6 aromatic carbocycles. The van der Waals surface area contributed by atoms with E-state index < -0.39 is 16.7 Å². The van der Waals surface area contributed by atoms with E-state index in [1.807, 2.05) is 0 Å². The zero-order valence-electron chi connectivity index (χ0n) is 22.4. The van der Waals surface area contributed by atoms with Gasteiger partial charge in [-0.2, -0.15) is 0 Å². The van der Waals surface area contributed by atoms with Gasteiger partial charge in [-0.1, -0.05) is 134 Å². The Morgan fingerprint density at radius 1 is 0.590 bits per heavy atom. The number of rotatable bonds is 4. The monoisotopic (exact) mass is 538 g/mol. The number of benzene rings is 6. The van der Waals surface area contributed by atoms with Crippen LogP contribution in [0.5, 0.6) is 5.75 Å². The van der Waals surface area contributed by atoms with Crippen LogP contribution in [0, 0.1) is 0 Å². The minimum Gasteiger partial charge on any atom is -0.497 e. The van der Waals surface area contributed by atoms with Crippen LogP contribution in [0.1, 0.15) is 11.1 Å². The molecular formula is C36H31OPSi. The molecule has 39 heavy (non-hydrogen) atoms. The van der Waals surface area contributed by atoms with Crippen molar-refractivity contribution in [2.45, 2.75) is 18.9 Å². The van der Waals surface area contributed by atoms with Crippen LogP contribution >= 0.6 is 7.92 Å². The van der Waals surface area contributed by atoms with Crippen molar-refractivity contribution < 1.29 is 4.74 Å². The van der Waals surface area contributed by atoms with E-state index in [0.717, 1.165) is 18.1 Å². The number of hydrogen-bond donors (Lipinski definition) is 0. The Bertz CT molecular complexity index is 1740. The fourth-order valence-corrected chi connectivity index (χ4v) is 12.1. The lowest BCUT2D eigenvalue weighted by atomic mass is 9.88. The fraction of sp³-hybridized carbons (Fsp3) is 0.111. The van der Waals surface area contributed by atoms with Gasteiger partial charge in [-0.15, -0.1) is 0 Å². The van der Waals surface area contributed by atoms with Crippen LogP contribution in [0.3, 0.4) is 0 Å². The zero-order valence-corrected chi connectivity index (χ0v) is 24.4. The molecule has 0 saturated heterocycles. The second kappa shape index (κ2) is 10.1. The molecule has 0 amide bonds. The molecule has 6 aromatic rings. The first kappa shape index (κ1) is 24.3. The van der Waals surface area contributed by atoms with Crippen molar-refractivity contribution in [3.8, 4) is 16.9 Å². The first-order chi connectivity index (χ1) is 19.2. The number of methoxy groups -OCH3 is 1. The summed E-state index contributed by atoms with van der Waals surface area (Å²) in [4.78, 5) is 0. The van der Waals surface area contributed by atoms with Gasteiger partial charge in [0.25, 0.3) is 0 Å². The van der Waals surface area contributed by atoms with E-state index in [9.17, 15) is 0 Å². The molecule has 0 aliphatic carbocycles. The topological polar surface area (TPSA) is 9.23 Å². The molecule has 1 aliphatic heterocycles. The molecule has 0 unspecified atom stereocenters. The quantitative estimate of drug-likeness (QED) is 0.167. The van der Waals surface area contributed by atoms with E-state index in [1.54, 1.807) is 17.6 Å². The summed E-state index contributed by atoms with van der Waals surface area (Å²) >= 11 is 0. The van der Waals surface area contributed by atoms with E-state index in [4.69, 9.17) is 4.74 Å². The van der Waals surface area contributed by atoms with Crippen LogP contribution in [0.25, 0.3) is 32.7 Å². The van der Waals surface area contributed by atoms with E-state index in [2.05, 4.69) is 128 Å². The highest BCUT2D eigenvalue weighted by Gasteiger charge is 2.27. The second-order valence-corrected chi connectivity index (χ2v) is 15.5. The first-order valence-corrected chi connectivity index (χ1v) is 17.7. The lowest BCUT2D eigenvalue weighted by molar-refractivity contribution is 0.415. The van der Waals surface area contributed by atoms with Gasteiger partial charge in [0.2, 0.25) is 0 Å². The lowest BCUT2D eigenvalue weighted by Gasteiger charge is -2.23. The van der Waals surface area contributed by atoms with Gasteiger partial charge in [0, 0.05) is 0 Å². The molecule has 1 nitrogen and oxygen atoms in total. The normalized spacial score (nSPS) is 14.0. The van der Waals surface area contributed by atoms with Crippen molar-refractivity contribution in [2.24, 2.45) is 0 Å². The van der Waals surface area contributed by atoms with Crippen LogP contribution in [0.4, 0.5) is 0 Å². The summed E-state index contributed by atoms with van der Waals surface area (Å²) in [5.74, 6) is 0.925. The Balaban J connectivity index is 1.42. The van der Waals surface area contributed by atoms with Crippen LogP contribution in [0.15, 0.2) is 121 Å². The zero-order chi connectivity index (χ0) is 26.3. The summed E-state index contributed by atoms with van der Waals surface area (Å²) in [5, 5.41) is 10.0. The molecule has 0 spiro atoms.